The van der Waals surface area contributed by atoms with E-state index in [2.05, 4.69) is 18.2 Å². The van der Waals surface area contributed by atoms with Gasteiger partial charge in [-0.3, -0.25) is 0 Å². The van der Waals surface area contributed by atoms with E-state index in [1.807, 2.05) is 24.3 Å². The van der Waals surface area contributed by atoms with E-state index in [0.717, 1.165) is 46.9 Å². The minimum absolute atomic E-state index is 0.566. The van der Waals surface area contributed by atoms with Crippen molar-refractivity contribution in [3.05, 3.63) is 53.6 Å². The van der Waals surface area contributed by atoms with Crippen LogP contribution < -0.4 is 4.74 Å². The van der Waals surface area contributed by atoms with Crippen molar-refractivity contribution in [1.82, 2.24) is 0 Å². The molecule has 2 aromatic rings. The van der Waals surface area contributed by atoms with Crippen molar-refractivity contribution < 1.29 is 9.84 Å². The van der Waals surface area contributed by atoms with E-state index in [4.69, 9.17) is 4.74 Å². The lowest BCUT2D eigenvalue weighted by atomic mass is 9.92. The smallest absolute Gasteiger partial charge is 0.125 e. The fourth-order valence-corrected chi connectivity index (χ4v) is 3.21. The SMILES string of the molecule is COc1ccc2ccccc2c1C(O)C1=CCCCCC1. The van der Waals surface area contributed by atoms with Crippen LogP contribution in [0.1, 0.15) is 43.8 Å². The number of benzene rings is 2. The molecule has 0 saturated heterocycles. The van der Waals surface area contributed by atoms with E-state index in [0.29, 0.717) is 0 Å². The summed E-state index contributed by atoms with van der Waals surface area (Å²) in [4.78, 5) is 0. The van der Waals surface area contributed by atoms with Gasteiger partial charge in [-0.2, -0.15) is 0 Å². The zero-order valence-electron chi connectivity index (χ0n) is 12.5. The fourth-order valence-electron chi connectivity index (χ4n) is 3.21. The van der Waals surface area contributed by atoms with Crippen LogP contribution in [0.25, 0.3) is 10.8 Å². The number of allylic oxidation sites excluding steroid dienone is 1. The molecule has 0 bridgehead atoms. The van der Waals surface area contributed by atoms with Gasteiger partial charge in [0.15, 0.2) is 0 Å². The number of fused-ring (bicyclic) bond motifs is 1. The van der Waals surface area contributed by atoms with Crippen LogP contribution in [-0.4, -0.2) is 12.2 Å². The van der Waals surface area contributed by atoms with Gasteiger partial charge in [0, 0.05) is 5.56 Å². The van der Waals surface area contributed by atoms with Crippen LogP contribution in [0.15, 0.2) is 48.0 Å². The van der Waals surface area contributed by atoms with Gasteiger partial charge in [0.25, 0.3) is 0 Å². The van der Waals surface area contributed by atoms with Crippen LogP contribution in [0.5, 0.6) is 5.75 Å². The summed E-state index contributed by atoms with van der Waals surface area (Å²) in [6.07, 6.45) is 7.34. The van der Waals surface area contributed by atoms with E-state index in [-0.39, 0.29) is 0 Å². The lowest BCUT2D eigenvalue weighted by Gasteiger charge is -2.20. The molecule has 0 heterocycles. The first-order valence-electron chi connectivity index (χ1n) is 7.74. The average Bonchev–Trinajstić information content (AvgIpc) is 2.82. The van der Waals surface area contributed by atoms with Crippen molar-refractivity contribution in [2.24, 2.45) is 0 Å². The summed E-state index contributed by atoms with van der Waals surface area (Å²) < 4.78 is 5.51. The molecule has 0 aliphatic heterocycles. The normalized spacial score (nSPS) is 17.1. The predicted molar refractivity (Wildman–Crippen MR) is 86.6 cm³/mol. The van der Waals surface area contributed by atoms with Gasteiger partial charge in [-0.1, -0.05) is 42.8 Å². The van der Waals surface area contributed by atoms with Gasteiger partial charge >= 0.3 is 0 Å². The standard InChI is InChI=1S/C19H22O2/c1-21-17-13-12-14-8-6-7-11-16(14)18(17)19(20)15-9-4-2-3-5-10-15/h6-9,11-13,19-20H,2-5,10H2,1H3. The number of aliphatic hydroxyl groups is 1. The summed E-state index contributed by atoms with van der Waals surface area (Å²) in [5.41, 5.74) is 2.05. The third kappa shape index (κ3) is 2.81. The monoisotopic (exact) mass is 282 g/mol. The number of hydrogen-bond donors (Lipinski definition) is 1. The van der Waals surface area contributed by atoms with E-state index in [1.165, 1.54) is 12.8 Å². The Kier molecular flexibility index (Phi) is 4.26. The maximum absolute atomic E-state index is 10.9. The van der Waals surface area contributed by atoms with Gasteiger partial charge < -0.3 is 9.84 Å². The van der Waals surface area contributed by atoms with Crippen molar-refractivity contribution in [2.45, 2.75) is 38.2 Å². The highest BCUT2D eigenvalue weighted by Gasteiger charge is 2.21. The zero-order chi connectivity index (χ0) is 14.7. The molecule has 1 N–H and O–H groups in total. The van der Waals surface area contributed by atoms with Crippen molar-refractivity contribution in [3.8, 4) is 5.75 Å². The lowest BCUT2D eigenvalue weighted by molar-refractivity contribution is 0.207. The number of hydrogen-bond acceptors (Lipinski definition) is 2. The Balaban J connectivity index is 2.10. The minimum Gasteiger partial charge on any atom is -0.496 e. The Bertz CT molecular complexity index is 658. The van der Waals surface area contributed by atoms with Crippen molar-refractivity contribution in [3.63, 3.8) is 0 Å². The number of rotatable bonds is 3. The molecule has 2 aromatic carbocycles. The summed E-state index contributed by atoms with van der Waals surface area (Å²) >= 11 is 0. The molecule has 0 aromatic heterocycles. The largest absolute Gasteiger partial charge is 0.496 e. The van der Waals surface area contributed by atoms with Crippen molar-refractivity contribution >= 4 is 10.8 Å². The summed E-state index contributed by atoms with van der Waals surface area (Å²) in [7, 11) is 1.67. The molecule has 1 atom stereocenters. The van der Waals surface area contributed by atoms with Gasteiger partial charge in [0.1, 0.15) is 11.9 Å². The zero-order valence-corrected chi connectivity index (χ0v) is 12.5. The molecular weight excluding hydrogens is 260 g/mol. The Morgan fingerprint density at radius 3 is 2.76 bits per heavy atom. The van der Waals surface area contributed by atoms with Crippen LogP contribution in [0.2, 0.25) is 0 Å². The van der Waals surface area contributed by atoms with E-state index < -0.39 is 6.10 Å². The maximum atomic E-state index is 10.9. The molecule has 110 valence electrons. The molecule has 0 fully saturated rings. The number of aliphatic hydroxyl groups excluding tert-OH is 1. The Morgan fingerprint density at radius 2 is 1.90 bits per heavy atom. The van der Waals surface area contributed by atoms with Crippen molar-refractivity contribution in [2.75, 3.05) is 7.11 Å². The summed E-state index contributed by atoms with van der Waals surface area (Å²) in [6.45, 7) is 0. The fraction of sp³-hybridized carbons (Fsp3) is 0.368. The van der Waals surface area contributed by atoms with E-state index >= 15 is 0 Å². The second kappa shape index (κ2) is 6.31. The minimum atomic E-state index is -0.566. The first kappa shape index (κ1) is 14.2. The second-order valence-corrected chi connectivity index (χ2v) is 5.68. The molecule has 21 heavy (non-hydrogen) atoms. The molecule has 2 heteroatoms. The first-order valence-corrected chi connectivity index (χ1v) is 7.74. The molecule has 1 aliphatic rings. The number of ether oxygens (including phenoxy) is 1. The molecule has 2 nitrogen and oxygen atoms in total. The Hall–Kier alpha value is -1.80. The molecule has 1 aliphatic carbocycles. The summed E-state index contributed by atoms with van der Waals surface area (Å²) in [5.74, 6) is 0.770. The van der Waals surface area contributed by atoms with Crippen molar-refractivity contribution in [1.29, 1.82) is 0 Å². The number of methoxy groups -OCH3 is 1. The van der Waals surface area contributed by atoms with Crippen LogP contribution in [0.4, 0.5) is 0 Å². The van der Waals surface area contributed by atoms with Gasteiger partial charge in [0.05, 0.1) is 7.11 Å². The third-order valence-corrected chi connectivity index (χ3v) is 4.35. The van der Waals surface area contributed by atoms with Gasteiger partial charge in [-0.15, -0.1) is 0 Å². The van der Waals surface area contributed by atoms with E-state index in [1.54, 1.807) is 7.11 Å². The quantitative estimate of drug-likeness (QED) is 0.821. The van der Waals surface area contributed by atoms with Crippen LogP contribution >= 0.6 is 0 Å². The highest BCUT2D eigenvalue weighted by molar-refractivity contribution is 5.88. The molecule has 3 rings (SSSR count). The molecule has 0 radical (unpaired) electrons. The highest BCUT2D eigenvalue weighted by Crippen LogP contribution is 2.38. The molecule has 1 unspecified atom stereocenters. The van der Waals surface area contributed by atoms with Gasteiger partial charge in [0.2, 0.25) is 0 Å². The van der Waals surface area contributed by atoms with Gasteiger partial charge in [-0.25, -0.2) is 0 Å². The molecule has 0 amide bonds. The molecular formula is C19H22O2. The Labute approximate surface area is 126 Å². The highest BCUT2D eigenvalue weighted by atomic mass is 16.5. The summed E-state index contributed by atoms with van der Waals surface area (Å²) in [5, 5.41) is 13.2. The van der Waals surface area contributed by atoms with Gasteiger partial charge in [-0.05, 0) is 48.1 Å². The second-order valence-electron chi connectivity index (χ2n) is 5.68. The predicted octanol–water partition coefficient (Wildman–Crippen LogP) is 4.77. The first-order chi connectivity index (χ1) is 10.3. The molecule has 0 spiro atoms. The van der Waals surface area contributed by atoms with Crippen LogP contribution in [0.3, 0.4) is 0 Å². The van der Waals surface area contributed by atoms with E-state index in [9.17, 15) is 5.11 Å². The summed E-state index contributed by atoms with van der Waals surface area (Å²) in [6, 6.07) is 12.2. The maximum Gasteiger partial charge on any atom is 0.125 e. The third-order valence-electron chi connectivity index (χ3n) is 4.35. The topological polar surface area (TPSA) is 29.5 Å². The lowest BCUT2D eigenvalue weighted by Crippen LogP contribution is -2.05. The van der Waals surface area contributed by atoms with Crippen LogP contribution in [-0.2, 0) is 0 Å². The van der Waals surface area contributed by atoms with Crippen LogP contribution in [0, 0.1) is 0 Å². The Morgan fingerprint density at radius 1 is 1.05 bits per heavy atom. The molecule has 0 saturated carbocycles. The average molecular weight is 282 g/mol.